The highest BCUT2D eigenvalue weighted by atomic mass is 79.9. The first-order valence-electron chi connectivity index (χ1n) is 2.86. The molecule has 0 aliphatic heterocycles. The van der Waals surface area contributed by atoms with Crippen LogP contribution in [0.4, 0.5) is 0 Å². The number of hydrogen-bond acceptors (Lipinski definition) is 3. The summed E-state index contributed by atoms with van der Waals surface area (Å²) in [7, 11) is 0. The third-order valence-corrected chi connectivity index (χ3v) is 3.14. The first-order valence-corrected chi connectivity index (χ1v) is 4.54. The number of halogens is 1. The van der Waals surface area contributed by atoms with E-state index in [2.05, 4.69) is 15.9 Å². The molecule has 0 spiro atoms. The van der Waals surface area contributed by atoms with Crippen molar-refractivity contribution in [3.05, 3.63) is 20.8 Å². The number of nitrogens with two attached hydrogens (primary N) is 1. The minimum Gasteiger partial charge on any atom is -0.386 e. The zero-order valence-electron chi connectivity index (χ0n) is 5.25. The molecule has 0 aromatic carbocycles. The van der Waals surface area contributed by atoms with Gasteiger partial charge < -0.3 is 10.8 Å². The minimum absolute atomic E-state index is 0.277. The molecule has 0 radical (unpaired) electrons. The molecule has 1 rings (SSSR count). The van der Waals surface area contributed by atoms with Gasteiger partial charge in [0.2, 0.25) is 0 Å². The Labute approximate surface area is 71.8 Å². The normalized spacial score (nSPS) is 13.5. The third kappa shape index (κ3) is 1.58. The molecule has 4 heteroatoms. The van der Waals surface area contributed by atoms with Gasteiger partial charge in [-0.15, -0.1) is 11.3 Å². The third-order valence-electron chi connectivity index (χ3n) is 1.17. The monoisotopic (exact) mass is 221 g/mol. The van der Waals surface area contributed by atoms with E-state index in [0.29, 0.717) is 0 Å². The summed E-state index contributed by atoms with van der Waals surface area (Å²) in [5.74, 6) is 0. The van der Waals surface area contributed by atoms with Crippen LogP contribution in [0.15, 0.2) is 15.9 Å². The molecule has 0 aliphatic rings. The first-order chi connectivity index (χ1) is 4.75. The van der Waals surface area contributed by atoms with E-state index in [1.165, 1.54) is 11.3 Å². The average molecular weight is 222 g/mol. The average Bonchev–Trinajstić information content (AvgIpc) is 2.34. The molecule has 1 aromatic rings. The predicted octanol–water partition coefficient (Wildman–Crippen LogP) is 1.50. The molecule has 0 fully saturated rings. The van der Waals surface area contributed by atoms with Gasteiger partial charge >= 0.3 is 0 Å². The molecule has 1 aromatic heterocycles. The van der Waals surface area contributed by atoms with Gasteiger partial charge in [0.25, 0.3) is 0 Å². The van der Waals surface area contributed by atoms with E-state index in [-0.39, 0.29) is 6.54 Å². The van der Waals surface area contributed by atoms with Crippen LogP contribution in [0, 0.1) is 0 Å². The Hall–Kier alpha value is 0.100. The van der Waals surface area contributed by atoms with Crippen molar-refractivity contribution in [1.82, 2.24) is 0 Å². The molecule has 0 bridgehead atoms. The fourth-order valence-electron chi connectivity index (χ4n) is 0.650. The summed E-state index contributed by atoms with van der Waals surface area (Å²) in [6.45, 7) is 0.277. The summed E-state index contributed by atoms with van der Waals surface area (Å²) in [5, 5.41) is 11.2. The van der Waals surface area contributed by atoms with E-state index < -0.39 is 6.10 Å². The summed E-state index contributed by atoms with van der Waals surface area (Å²) < 4.78 is 0.940. The van der Waals surface area contributed by atoms with Gasteiger partial charge in [0.1, 0.15) is 6.10 Å². The Balaban J connectivity index is 2.82. The van der Waals surface area contributed by atoms with Crippen LogP contribution in [-0.2, 0) is 0 Å². The van der Waals surface area contributed by atoms with Crippen LogP contribution in [0.1, 0.15) is 11.0 Å². The summed E-state index contributed by atoms with van der Waals surface area (Å²) in [4.78, 5) is 0.905. The summed E-state index contributed by atoms with van der Waals surface area (Å²) in [6, 6.07) is 1.90. The second-order valence-electron chi connectivity index (χ2n) is 1.88. The topological polar surface area (TPSA) is 46.2 Å². The van der Waals surface area contributed by atoms with Crippen LogP contribution < -0.4 is 5.73 Å². The zero-order valence-corrected chi connectivity index (χ0v) is 7.65. The number of rotatable bonds is 2. The molecule has 3 N–H and O–H groups in total. The molecule has 1 heterocycles. The lowest BCUT2D eigenvalue weighted by Gasteiger charge is -2.03. The lowest BCUT2D eigenvalue weighted by atomic mass is 10.3. The Morgan fingerprint density at radius 3 is 2.90 bits per heavy atom. The summed E-state index contributed by atoms with van der Waals surface area (Å²) >= 11 is 4.81. The quantitative estimate of drug-likeness (QED) is 0.796. The fraction of sp³-hybridized carbons (Fsp3) is 0.333. The van der Waals surface area contributed by atoms with Gasteiger partial charge in [-0.2, -0.15) is 0 Å². The molecule has 1 atom stereocenters. The van der Waals surface area contributed by atoms with Gasteiger partial charge in [-0.25, -0.2) is 0 Å². The maximum absolute atomic E-state index is 9.25. The molecule has 0 unspecified atom stereocenters. The van der Waals surface area contributed by atoms with E-state index in [4.69, 9.17) is 5.73 Å². The van der Waals surface area contributed by atoms with Crippen LogP contribution in [0.25, 0.3) is 0 Å². The molecule has 2 nitrogen and oxygen atoms in total. The van der Waals surface area contributed by atoms with Crippen LogP contribution in [0.3, 0.4) is 0 Å². The predicted molar refractivity (Wildman–Crippen MR) is 46.0 cm³/mol. The van der Waals surface area contributed by atoms with Crippen molar-refractivity contribution in [3.63, 3.8) is 0 Å². The van der Waals surface area contributed by atoms with Gasteiger partial charge in [0, 0.05) is 15.9 Å². The molecule has 10 heavy (non-hydrogen) atoms. The van der Waals surface area contributed by atoms with Gasteiger partial charge in [-0.3, -0.25) is 0 Å². The van der Waals surface area contributed by atoms with Crippen LogP contribution in [0.5, 0.6) is 0 Å². The van der Waals surface area contributed by atoms with Crippen LogP contribution in [-0.4, -0.2) is 11.7 Å². The highest BCUT2D eigenvalue weighted by molar-refractivity contribution is 9.10. The standard InChI is InChI=1S/C6H8BrNOS/c7-4-1-2-10-6(4)5(9)3-8/h1-2,5,9H,3,8H2/t5-/m1/s1. The van der Waals surface area contributed by atoms with E-state index in [1.54, 1.807) is 0 Å². The second kappa shape index (κ2) is 3.48. The van der Waals surface area contributed by atoms with Crippen molar-refractivity contribution in [2.75, 3.05) is 6.54 Å². The SMILES string of the molecule is NC[C@@H](O)c1sccc1Br. The van der Waals surface area contributed by atoms with Gasteiger partial charge in [-0.1, -0.05) is 0 Å². The maximum Gasteiger partial charge on any atom is 0.101 e. The molecule has 0 amide bonds. The largest absolute Gasteiger partial charge is 0.386 e. The first kappa shape index (κ1) is 8.20. The Morgan fingerprint density at radius 1 is 1.80 bits per heavy atom. The van der Waals surface area contributed by atoms with Crippen molar-refractivity contribution in [1.29, 1.82) is 0 Å². The maximum atomic E-state index is 9.25. The number of aliphatic hydroxyl groups is 1. The Bertz CT molecular complexity index is 213. The number of thiophene rings is 1. The highest BCUT2D eigenvalue weighted by Crippen LogP contribution is 2.27. The summed E-state index contributed by atoms with van der Waals surface area (Å²) in [5.41, 5.74) is 5.27. The molecule has 0 saturated carbocycles. The highest BCUT2D eigenvalue weighted by Gasteiger charge is 2.09. The van der Waals surface area contributed by atoms with E-state index in [1.807, 2.05) is 11.4 Å². The van der Waals surface area contributed by atoms with Gasteiger partial charge in [0.05, 0.1) is 0 Å². The molecule has 0 aliphatic carbocycles. The second-order valence-corrected chi connectivity index (χ2v) is 3.69. The van der Waals surface area contributed by atoms with Gasteiger partial charge in [-0.05, 0) is 27.4 Å². The van der Waals surface area contributed by atoms with Crippen LogP contribution in [0.2, 0.25) is 0 Å². The lowest BCUT2D eigenvalue weighted by molar-refractivity contribution is 0.190. The van der Waals surface area contributed by atoms with E-state index in [0.717, 1.165) is 9.35 Å². The number of hydrogen-bond donors (Lipinski definition) is 2. The van der Waals surface area contributed by atoms with E-state index in [9.17, 15) is 5.11 Å². The number of aliphatic hydroxyl groups excluding tert-OH is 1. The Kier molecular flexibility index (Phi) is 2.85. The van der Waals surface area contributed by atoms with Crippen molar-refractivity contribution in [2.45, 2.75) is 6.10 Å². The molecule has 56 valence electrons. The smallest absolute Gasteiger partial charge is 0.101 e. The lowest BCUT2D eigenvalue weighted by Crippen LogP contribution is -2.10. The molecular weight excluding hydrogens is 214 g/mol. The van der Waals surface area contributed by atoms with Gasteiger partial charge in [0.15, 0.2) is 0 Å². The fourth-order valence-corrected chi connectivity index (χ4v) is 2.29. The minimum atomic E-state index is -0.519. The zero-order chi connectivity index (χ0) is 7.56. The van der Waals surface area contributed by atoms with Crippen LogP contribution >= 0.6 is 27.3 Å². The van der Waals surface area contributed by atoms with Crippen molar-refractivity contribution in [2.24, 2.45) is 5.73 Å². The molecule has 0 saturated heterocycles. The van der Waals surface area contributed by atoms with E-state index >= 15 is 0 Å². The van der Waals surface area contributed by atoms with Crippen molar-refractivity contribution >= 4 is 27.3 Å². The summed E-state index contributed by atoms with van der Waals surface area (Å²) in [6.07, 6.45) is -0.519. The molecular formula is C6H8BrNOS. The van der Waals surface area contributed by atoms with Crippen molar-refractivity contribution in [3.8, 4) is 0 Å². The van der Waals surface area contributed by atoms with Crippen molar-refractivity contribution < 1.29 is 5.11 Å². The Morgan fingerprint density at radius 2 is 2.50 bits per heavy atom.